The van der Waals surface area contributed by atoms with Crippen molar-refractivity contribution in [3.8, 4) is 0 Å². The molecule has 2 aliphatic heterocycles. The molecular formula is C15H21ClN2O2. The molecule has 1 unspecified atom stereocenters. The number of fused-ring (bicyclic) bond motifs is 1. The van der Waals surface area contributed by atoms with Gasteiger partial charge in [-0.1, -0.05) is 24.3 Å². The smallest absolute Gasteiger partial charge is 0.256 e. The Morgan fingerprint density at radius 1 is 1.40 bits per heavy atom. The van der Waals surface area contributed by atoms with Crippen LogP contribution in [0.4, 0.5) is 0 Å². The van der Waals surface area contributed by atoms with Gasteiger partial charge in [-0.05, 0) is 24.5 Å². The number of piperazine rings is 1. The highest BCUT2D eigenvalue weighted by Gasteiger charge is 2.32. The van der Waals surface area contributed by atoms with Crippen LogP contribution in [0.25, 0.3) is 0 Å². The molecule has 0 bridgehead atoms. The summed E-state index contributed by atoms with van der Waals surface area (Å²) in [5.74, 6) is 0.112. The van der Waals surface area contributed by atoms with Crippen molar-refractivity contribution in [3.63, 3.8) is 0 Å². The van der Waals surface area contributed by atoms with E-state index in [-0.39, 0.29) is 18.3 Å². The molecule has 0 saturated carbocycles. The van der Waals surface area contributed by atoms with Crippen molar-refractivity contribution in [1.29, 1.82) is 0 Å². The topological polar surface area (TPSA) is 41.6 Å². The third kappa shape index (κ3) is 2.97. The van der Waals surface area contributed by atoms with Gasteiger partial charge >= 0.3 is 0 Å². The Bertz CT molecular complexity index is 481. The molecule has 2 heterocycles. The quantitative estimate of drug-likeness (QED) is 0.855. The number of ether oxygens (including phenoxy) is 1. The van der Waals surface area contributed by atoms with Gasteiger partial charge in [0.25, 0.3) is 5.91 Å². The van der Waals surface area contributed by atoms with Crippen LogP contribution >= 0.6 is 12.4 Å². The van der Waals surface area contributed by atoms with Gasteiger partial charge in [0.15, 0.2) is 6.10 Å². The van der Waals surface area contributed by atoms with Crippen LogP contribution in [0.2, 0.25) is 0 Å². The lowest BCUT2D eigenvalue weighted by atomic mass is 9.96. The molecule has 0 radical (unpaired) electrons. The number of hydrogen-bond acceptors (Lipinski definition) is 3. The second-order valence-corrected chi connectivity index (χ2v) is 5.34. The first-order valence-corrected chi connectivity index (χ1v) is 6.97. The molecule has 3 rings (SSSR count). The van der Waals surface area contributed by atoms with E-state index in [2.05, 4.69) is 18.3 Å². The van der Waals surface area contributed by atoms with E-state index in [0.29, 0.717) is 12.6 Å². The number of halogens is 1. The third-order valence-electron chi connectivity index (χ3n) is 3.90. The molecule has 5 heteroatoms. The normalized spacial score (nSPS) is 25.6. The van der Waals surface area contributed by atoms with Gasteiger partial charge in [-0.3, -0.25) is 4.79 Å². The van der Waals surface area contributed by atoms with E-state index in [4.69, 9.17) is 4.74 Å². The molecule has 1 saturated heterocycles. The van der Waals surface area contributed by atoms with Gasteiger partial charge in [0.2, 0.25) is 0 Å². The average molecular weight is 297 g/mol. The lowest BCUT2D eigenvalue weighted by molar-refractivity contribution is -0.146. The highest BCUT2D eigenvalue weighted by molar-refractivity contribution is 5.85. The SMILES string of the molecule is C[C@@H]1CN(C(=O)C2OCCc3ccccc32)CCN1.Cl. The van der Waals surface area contributed by atoms with E-state index in [1.165, 1.54) is 5.56 Å². The summed E-state index contributed by atoms with van der Waals surface area (Å²) < 4.78 is 5.74. The number of carbonyl (C=O) groups excluding carboxylic acids is 1. The minimum atomic E-state index is -0.407. The lowest BCUT2D eigenvalue weighted by Gasteiger charge is -2.35. The Kier molecular flexibility index (Phi) is 5.02. The molecule has 20 heavy (non-hydrogen) atoms. The fraction of sp³-hybridized carbons (Fsp3) is 0.533. The summed E-state index contributed by atoms with van der Waals surface area (Å²) in [7, 11) is 0. The predicted molar refractivity (Wildman–Crippen MR) is 80.1 cm³/mol. The lowest BCUT2D eigenvalue weighted by Crippen LogP contribution is -2.53. The number of amides is 1. The molecule has 1 aromatic rings. The Morgan fingerprint density at radius 2 is 2.20 bits per heavy atom. The van der Waals surface area contributed by atoms with E-state index in [9.17, 15) is 4.79 Å². The Labute approximate surface area is 125 Å². The van der Waals surface area contributed by atoms with Crippen LogP contribution in [-0.4, -0.2) is 43.1 Å². The van der Waals surface area contributed by atoms with Crippen molar-refractivity contribution in [1.82, 2.24) is 10.2 Å². The van der Waals surface area contributed by atoms with Crippen molar-refractivity contribution in [2.24, 2.45) is 0 Å². The summed E-state index contributed by atoms with van der Waals surface area (Å²) in [6.07, 6.45) is 0.494. The Hall–Kier alpha value is -1.10. The minimum Gasteiger partial charge on any atom is -0.363 e. The van der Waals surface area contributed by atoms with Crippen LogP contribution in [0, 0.1) is 0 Å². The van der Waals surface area contributed by atoms with E-state index in [0.717, 1.165) is 31.6 Å². The highest BCUT2D eigenvalue weighted by atomic mass is 35.5. The van der Waals surface area contributed by atoms with Crippen molar-refractivity contribution in [2.75, 3.05) is 26.2 Å². The molecule has 4 nitrogen and oxygen atoms in total. The van der Waals surface area contributed by atoms with Crippen LogP contribution in [0.1, 0.15) is 24.2 Å². The van der Waals surface area contributed by atoms with Crippen molar-refractivity contribution in [3.05, 3.63) is 35.4 Å². The fourth-order valence-corrected chi connectivity index (χ4v) is 2.90. The number of benzene rings is 1. The van der Waals surface area contributed by atoms with Crippen LogP contribution in [0.3, 0.4) is 0 Å². The second kappa shape index (κ2) is 6.57. The first kappa shape index (κ1) is 15.3. The zero-order valence-electron chi connectivity index (χ0n) is 11.7. The fourth-order valence-electron chi connectivity index (χ4n) is 2.90. The van der Waals surface area contributed by atoms with Gasteiger partial charge in [-0.15, -0.1) is 12.4 Å². The van der Waals surface area contributed by atoms with Gasteiger partial charge in [0, 0.05) is 25.7 Å². The molecule has 2 atom stereocenters. The van der Waals surface area contributed by atoms with Gasteiger partial charge in [0.05, 0.1) is 6.61 Å². The van der Waals surface area contributed by atoms with E-state index in [1.54, 1.807) is 0 Å². The number of rotatable bonds is 1. The second-order valence-electron chi connectivity index (χ2n) is 5.34. The van der Waals surface area contributed by atoms with Crippen LogP contribution in [0.5, 0.6) is 0 Å². The maximum atomic E-state index is 12.6. The summed E-state index contributed by atoms with van der Waals surface area (Å²) >= 11 is 0. The number of nitrogens with zero attached hydrogens (tertiary/aromatic N) is 1. The van der Waals surface area contributed by atoms with Gasteiger partial charge in [-0.2, -0.15) is 0 Å². The first-order valence-electron chi connectivity index (χ1n) is 6.97. The molecule has 1 fully saturated rings. The molecule has 0 spiro atoms. The maximum absolute atomic E-state index is 12.6. The highest BCUT2D eigenvalue weighted by Crippen LogP contribution is 2.28. The van der Waals surface area contributed by atoms with Gasteiger partial charge in [-0.25, -0.2) is 0 Å². The molecule has 0 aliphatic carbocycles. The Balaban J connectivity index is 0.00000147. The number of nitrogens with one attached hydrogen (secondary N) is 1. The summed E-state index contributed by atoms with van der Waals surface area (Å²) in [6.45, 7) is 5.14. The van der Waals surface area contributed by atoms with Crippen molar-refractivity contribution in [2.45, 2.75) is 25.5 Å². The van der Waals surface area contributed by atoms with E-state index < -0.39 is 6.10 Å². The standard InChI is InChI=1S/C15H20N2O2.ClH/c1-11-10-17(8-7-16-11)15(18)14-13-5-3-2-4-12(13)6-9-19-14;/h2-5,11,14,16H,6-10H2,1H3;1H/t11-,14?;/m1./s1. The van der Waals surface area contributed by atoms with Crippen molar-refractivity contribution < 1.29 is 9.53 Å². The molecule has 110 valence electrons. The molecule has 1 amide bonds. The summed E-state index contributed by atoms with van der Waals surface area (Å²) in [5, 5.41) is 3.35. The zero-order valence-corrected chi connectivity index (χ0v) is 12.5. The summed E-state index contributed by atoms with van der Waals surface area (Å²) in [6, 6.07) is 8.48. The van der Waals surface area contributed by atoms with Crippen LogP contribution in [-0.2, 0) is 16.0 Å². The predicted octanol–water partition coefficient (Wildman–Crippen LogP) is 1.54. The summed E-state index contributed by atoms with van der Waals surface area (Å²) in [4.78, 5) is 14.6. The molecule has 1 N–H and O–H groups in total. The monoisotopic (exact) mass is 296 g/mol. The average Bonchev–Trinajstić information content (AvgIpc) is 2.46. The molecule has 1 aromatic carbocycles. The number of hydrogen-bond donors (Lipinski definition) is 1. The molecular weight excluding hydrogens is 276 g/mol. The van der Waals surface area contributed by atoms with Crippen molar-refractivity contribution >= 4 is 18.3 Å². The van der Waals surface area contributed by atoms with Gasteiger partial charge in [0.1, 0.15) is 0 Å². The Morgan fingerprint density at radius 3 is 3.00 bits per heavy atom. The number of carbonyl (C=O) groups is 1. The van der Waals surface area contributed by atoms with Crippen LogP contribution < -0.4 is 5.32 Å². The first-order chi connectivity index (χ1) is 9.25. The van der Waals surface area contributed by atoms with Crippen LogP contribution in [0.15, 0.2) is 24.3 Å². The summed E-state index contributed by atoms with van der Waals surface area (Å²) in [5.41, 5.74) is 2.29. The maximum Gasteiger partial charge on any atom is 0.256 e. The largest absolute Gasteiger partial charge is 0.363 e. The minimum absolute atomic E-state index is 0. The molecule has 0 aromatic heterocycles. The van der Waals surface area contributed by atoms with E-state index >= 15 is 0 Å². The van der Waals surface area contributed by atoms with Gasteiger partial charge < -0.3 is 15.0 Å². The zero-order chi connectivity index (χ0) is 13.2. The third-order valence-corrected chi connectivity index (χ3v) is 3.90. The molecule has 2 aliphatic rings. The van der Waals surface area contributed by atoms with E-state index in [1.807, 2.05) is 23.1 Å².